The Morgan fingerprint density at radius 1 is 1.31 bits per heavy atom. The highest BCUT2D eigenvalue weighted by Gasteiger charge is 2.25. The summed E-state index contributed by atoms with van der Waals surface area (Å²) in [5.41, 5.74) is 0. The van der Waals surface area contributed by atoms with Crippen LogP contribution in [0, 0.1) is 0 Å². The molecule has 0 aliphatic carbocycles. The topological polar surface area (TPSA) is 56.2 Å². The fraction of sp³-hybridized carbons (Fsp3) is 0.684. The summed E-state index contributed by atoms with van der Waals surface area (Å²) in [5.74, 6) is 2.06. The molecule has 1 aromatic heterocycles. The second-order valence-electron chi connectivity index (χ2n) is 7.10. The van der Waals surface area contributed by atoms with Crippen molar-refractivity contribution in [3.05, 3.63) is 24.4 Å². The number of nitrogens with zero attached hydrogens (tertiary/aromatic N) is 5. The zero-order valence-corrected chi connectivity index (χ0v) is 16.3. The molecule has 0 amide bonds. The van der Waals surface area contributed by atoms with E-state index in [9.17, 15) is 0 Å². The predicted molar refractivity (Wildman–Crippen MR) is 106 cm³/mol. The summed E-state index contributed by atoms with van der Waals surface area (Å²) in [5, 5.41) is 3.57. The monoisotopic (exact) mass is 360 g/mol. The van der Waals surface area contributed by atoms with Gasteiger partial charge in [-0.25, -0.2) is 4.98 Å². The molecule has 26 heavy (non-hydrogen) atoms. The molecule has 2 atom stereocenters. The van der Waals surface area contributed by atoms with Crippen molar-refractivity contribution < 1.29 is 4.74 Å². The number of morpholine rings is 1. The smallest absolute Gasteiger partial charge is 0.193 e. The first kappa shape index (κ1) is 18.9. The van der Waals surface area contributed by atoms with E-state index < -0.39 is 0 Å². The van der Waals surface area contributed by atoms with Crippen molar-refractivity contribution in [1.29, 1.82) is 0 Å². The summed E-state index contributed by atoms with van der Waals surface area (Å²) in [6.07, 6.45) is 1.86. The molecular weight excluding hydrogens is 328 g/mol. The normalized spacial score (nSPS) is 23.8. The maximum Gasteiger partial charge on any atom is 0.193 e. The highest BCUT2D eigenvalue weighted by atomic mass is 16.5. The summed E-state index contributed by atoms with van der Waals surface area (Å²) >= 11 is 0. The minimum absolute atomic E-state index is 0.459. The Balaban J connectivity index is 1.47. The lowest BCUT2D eigenvalue weighted by atomic mass is 10.2. The van der Waals surface area contributed by atoms with Crippen LogP contribution in [0.25, 0.3) is 0 Å². The number of pyridine rings is 1. The van der Waals surface area contributed by atoms with Gasteiger partial charge in [-0.3, -0.25) is 9.89 Å². The van der Waals surface area contributed by atoms with Crippen molar-refractivity contribution in [2.75, 3.05) is 64.4 Å². The van der Waals surface area contributed by atoms with E-state index in [0.29, 0.717) is 12.1 Å². The van der Waals surface area contributed by atoms with Gasteiger partial charge in [0.1, 0.15) is 5.82 Å². The molecule has 2 saturated heterocycles. The zero-order valence-electron chi connectivity index (χ0n) is 16.3. The number of hydrogen-bond donors (Lipinski definition) is 1. The SMILES string of the molecule is CN=C(NCC(C)N1CCOCC1C)N1CCN(c2ccccn2)CC1. The molecule has 7 heteroatoms. The van der Waals surface area contributed by atoms with Gasteiger partial charge in [0.15, 0.2) is 5.96 Å². The Kier molecular flexibility index (Phi) is 6.68. The van der Waals surface area contributed by atoms with Crippen LogP contribution in [0.15, 0.2) is 29.4 Å². The van der Waals surface area contributed by atoms with Crippen molar-refractivity contribution in [1.82, 2.24) is 20.1 Å². The van der Waals surface area contributed by atoms with Crippen LogP contribution < -0.4 is 10.2 Å². The molecular formula is C19H32N6O. The first-order valence-corrected chi connectivity index (χ1v) is 9.64. The van der Waals surface area contributed by atoms with Gasteiger partial charge in [0.25, 0.3) is 0 Å². The zero-order chi connectivity index (χ0) is 18.4. The molecule has 144 valence electrons. The van der Waals surface area contributed by atoms with Crippen LogP contribution in [0.4, 0.5) is 5.82 Å². The maximum atomic E-state index is 5.55. The summed E-state index contributed by atoms with van der Waals surface area (Å²) in [6, 6.07) is 7.02. The van der Waals surface area contributed by atoms with Crippen molar-refractivity contribution in [3.8, 4) is 0 Å². The van der Waals surface area contributed by atoms with Crippen molar-refractivity contribution in [2.24, 2.45) is 4.99 Å². The Morgan fingerprint density at radius 3 is 2.77 bits per heavy atom. The second-order valence-corrected chi connectivity index (χ2v) is 7.10. The van der Waals surface area contributed by atoms with Crippen molar-refractivity contribution in [2.45, 2.75) is 25.9 Å². The van der Waals surface area contributed by atoms with Crippen molar-refractivity contribution in [3.63, 3.8) is 0 Å². The van der Waals surface area contributed by atoms with E-state index in [1.807, 2.05) is 25.4 Å². The Bertz CT molecular complexity index is 573. The van der Waals surface area contributed by atoms with Crippen LogP contribution in [0.3, 0.4) is 0 Å². The van der Waals surface area contributed by atoms with E-state index in [4.69, 9.17) is 4.74 Å². The van der Waals surface area contributed by atoms with Crippen LogP contribution in [-0.4, -0.2) is 92.4 Å². The van der Waals surface area contributed by atoms with Gasteiger partial charge in [-0.05, 0) is 26.0 Å². The van der Waals surface area contributed by atoms with E-state index in [-0.39, 0.29) is 0 Å². The van der Waals surface area contributed by atoms with Gasteiger partial charge in [-0.15, -0.1) is 0 Å². The quantitative estimate of drug-likeness (QED) is 0.636. The molecule has 0 spiro atoms. The molecule has 0 saturated carbocycles. The van der Waals surface area contributed by atoms with Crippen molar-refractivity contribution >= 4 is 11.8 Å². The lowest BCUT2D eigenvalue weighted by Crippen LogP contribution is -2.56. The molecule has 7 nitrogen and oxygen atoms in total. The molecule has 3 rings (SSSR count). The highest BCUT2D eigenvalue weighted by Crippen LogP contribution is 2.13. The summed E-state index contributed by atoms with van der Waals surface area (Å²) in [6.45, 7) is 11.9. The van der Waals surface area contributed by atoms with Gasteiger partial charge in [0.2, 0.25) is 0 Å². The molecule has 2 aliphatic heterocycles. The number of anilines is 1. The third kappa shape index (κ3) is 4.65. The lowest BCUT2D eigenvalue weighted by Gasteiger charge is -2.39. The largest absolute Gasteiger partial charge is 0.379 e. The molecule has 0 radical (unpaired) electrons. The molecule has 1 N–H and O–H groups in total. The Morgan fingerprint density at radius 2 is 2.12 bits per heavy atom. The molecule has 2 unspecified atom stereocenters. The maximum absolute atomic E-state index is 5.55. The van der Waals surface area contributed by atoms with Crippen LogP contribution in [-0.2, 0) is 4.74 Å². The predicted octanol–water partition coefficient (Wildman–Crippen LogP) is 0.888. The second kappa shape index (κ2) is 9.19. The van der Waals surface area contributed by atoms with E-state index >= 15 is 0 Å². The number of hydrogen-bond acceptors (Lipinski definition) is 5. The minimum atomic E-state index is 0.459. The molecule has 0 bridgehead atoms. The van der Waals surface area contributed by atoms with E-state index in [1.165, 1.54) is 0 Å². The van der Waals surface area contributed by atoms with Crippen LogP contribution >= 0.6 is 0 Å². The molecule has 3 heterocycles. The first-order valence-electron chi connectivity index (χ1n) is 9.64. The average Bonchev–Trinajstić information content (AvgIpc) is 2.70. The number of aromatic nitrogens is 1. The van der Waals surface area contributed by atoms with Gasteiger partial charge in [0.05, 0.1) is 13.2 Å². The van der Waals surface area contributed by atoms with E-state index in [2.05, 4.69) is 49.9 Å². The molecule has 1 aromatic rings. The minimum Gasteiger partial charge on any atom is -0.379 e. The number of rotatable bonds is 4. The van der Waals surface area contributed by atoms with E-state index in [0.717, 1.165) is 64.3 Å². The van der Waals surface area contributed by atoms with Gasteiger partial charge in [-0.1, -0.05) is 6.07 Å². The molecule has 2 fully saturated rings. The van der Waals surface area contributed by atoms with Crippen LogP contribution in [0.2, 0.25) is 0 Å². The number of guanidine groups is 1. The van der Waals surface area contributed by atoms with Crippen LogP contribution in [0.5, 0.6) is 0 Å². The average molecular weight is 361 g/mol. The van der Waals surface area contributed by atoms with Gasteiger partial charge < -0.3 is 19.9 Å². The summed E-state index contributed by atoms with van der Waals surface area (Å²) < 4.78 is 5.55. The summed E-state index contributed by atoms with van der Waals surface area (Å²) in [4.78, 5) is 16.2. The first-order chi connectivity index (χ1) is 12.7. The molecule has 0 aromatic carbocycles. The fourth-order valence-corrected chi connectivity index (χ4v) is 3.77. The lowest BCUT2D eigenvalue weighted by molar-refractivity contribution is -0.0175. The number of aliphatic imine (C=N–C) groups is 1. The third-order valence-electron chi connectivity index (χ3n) is 5.31. The highest BCUT2D eigenvalue weighted by molar-refractivity contribution is 5.80. The summed E-state index contributed by atoms with van der Waals surface area (Å²) in [7, 11) is 1.87. The number of nitrogens with one attached hydrogen (secondary N) is 1. The Labute approximate surface area is 157 Å². The number of ether oxygens (including phenoxy) is 1. The molecule has 2 aliphatic rings. The standard InChI is InChI=1S/C19H32N6O/c1-16(25-12-13-26-15-17(25)2)14-22-19(20-3)24-10-8-23(9-11-24)18-6-4-5-7-21-18/h4-7,16-17H,8-15H2,1-3H3,(H,20,22). The van der Waals surface area contributed by atoms with Gasteiger partial charge >= 0.3 is 0 Å². The van der Waals surface area contributed by atoms with Gasteiger partial charge in [0, 0.05) is 64.6 Å². The number of piperazine rings is 1. The third-order valence-corrected chi connectivity index (χ3v) is 5.31. The van der Waals surface area contributed by atoms with E-state index in [1.54, 1.807) is 0 Å². The fourth-order valence-electron chi connectivity index (χ4n) is 3.77. The van der Waals surface area contributed by atoms with Crippen LogP contribution in [0.1, 0.15) is 13.8 Å². The van der Waals surface area contributed by atoms with Gasteiger partial charge in [-0.2, -0.15) is 0 Å². The Hall–Kier alpha value is -1.86.